The third-order valence-corrected chi connectivity index (χ3v) is 5.31. The van der Waals surface area contributed by atoms with Gasteiger partial charge in [-0.2, -0.15) is 0 Å². The Balaban J connectivity index is 1.68. The molecule has 2 aromatic carbocycles. The fourth-order valence-corrected chi connectivity index (χ4v) is 3.83. The highest BCUT2D eigenvalue weighted by Gasteiger charge is 2.22. The van der Waals surface area contributed by atoms with E-state index in [9.17, 15) is 4.79 Å². The van der Waals surface area contributed by atoms with Gasteiger partial charge in [0.1, 0.15) is 5.82 Å². The molecule has 0 atom stereocenters. The predicted octanol–water partition coefficient (Wildman–Crippen LogP) is 4.16. The summed E-state index contributed by atoms with van der Waals surface area (Å²) in [5.74, 6) is 1.99. The number of fused-ring (bicyclic) bond motifs is 1. The normalized spacial score (nSPS) is 12.8. The number of hydrogen-bond acceptors (Lipinski definition) is 5. The number of aryl methyl sites for hydroxylation is 2. The summed E-state index contributed by atoms with van der Waals surface area (Å²) in [6, 6.07) is 11.0. The summed E-state index contributed by atoms with van der Waals surface area (Å²) in [4.78, 5) is 17.9. The van der Waals surface area contributed by atoms with Crippen LogP contribution in [0.3, 0.4) is 0 Å². The van der Waals surface area contributed by atoms with Gasteiger partial charge in [0.05, 0.1) is 38.3 Å². The molecule has 4 rings (SSSR count). The maximum Gasteiger partial charge on any atom is 0.259 e. The lowest BCUT2D eigenvalue weighted by Gasteiger charge is -2.16. The van der Waals surface area contributed by atoms with Crippen LogP contribution in [0.15, 0.2) is 42.6 Å². The van der Waals surface area contributed by atoms with Crippen molar-refractivity contribution in [3.8, 4) is 28.5 Å². The average Bonchev–Trinajstić information content (AvgIpc) is 3.22. The molecule has 1 aliphatic rings. The SMILES string of the molecule is COc1ccc(C(=O)Nc2ccccc2-c2cn3c(n2)CCCC3)c(OC)c1OC. The van der Waals surface area contributed by atoms with Crippen LogP contribution in [0, 0.1) is 0 Å². The standard InChI is InChI=1S/C23H25N3O4/c1-28-19-12-11-16(21(29-2)22(19)30-3)23(27)25-17-9-5-4-8-15(17)18-14-26-13-7-6-10-20(26)24-18/h4-5,8-9,11-12,14H,6-7,10,13H2,1-3H3,(H,25,27). The van der Waals surface area contributed by atoms with Crippen molar-refractivity contribution in [1.29, 1.82) is 0 Å². The number of carbonyl (C=O) groups excluding carboxylic acids is 1. The number of methoxy groups -OCH3 is 3. The number of anilines is 1. The van der Waals surface area contributed by atoms with Crippen LogP contribution in [-0.2, 0) is 13.0 Å². The maximum absolute atomic E-state index is 13.1. The van der Waals surface area contributed by atoms with Crippen molar-refractivity contribution in [1.82, 2.24) is 9.55 Å². The number of para-hydroxylation sites is 1. The van der Waals surface area contributed by atoms with E-state index in [0.717, 1.165) is 36.5 Å². The van der Waals surface area contributed by atoms with Crippen molar-refractivity contribution in [2.24, 2.45) is 0 Å². The summed E-state index contributed by atoms with van der Waals surface area (Å²) in [7, 11) is 4.55. The van der Waals surface area contributed by atoms with E-state index in [1.54, 1.807) is 12.1 Å². The van der Waals surface area contributed by atoms with Crippen molar-refractivity contribution in [3.63, 3.8) is 0 Å². The second-order valence-electron chi connectivity index (χ2n) is 7.07. The largest absolute Gasteiger partial charge is 0.493 e. The number of hydrogen-bond donors (Lipinski definition) is 1. The lowest BCUT2D eigenvalue weighted by atomic mass is 10.1. The number of amides is 1. The third kappa shape index (κ3) is 3.58. The number of rotatable bonds is 6. The molecule has 0 radical (unpaired) electrons. The highest BCUT2D eigenvalue weighted by Crippen LogP contribution is 2.40. The first kappa shape index (κ1) is 19.8. The first-order valence-electron chi connectivity index (χ1n) is 9.92. The highest BCUT2D eigenvalue weighted by atomic mass is 16.5. The molecular weight excluding hydrogens is 382 g/mol. The summed E-state index contributed by atoms with van der Waals surface area (Å²) >= 11 is 0. The molecule has 7 nitrogen and oxygen atoms in total. The molecule has 0 fully saturated rings. The fourth-order valence-electron chi connectivity index (χ4n) is 3.83. The average molecular weight is 407 g/mol. The molecule has 2 heterocycles. The van der Waals surface area contributed by atoms with E-state index in [4.69, 9.17) is 19.2 Å². The molecule has 3 aromatic rings. The van der Waals surface area contributed by atoms with Crippen LogP contribution in [0.25, 0.3) is 11.3 Å². The van der Waals surface area contributed by atoms with Gasteiger partial charge in [-0.15, -0.1) is 0 Å². The molecule has 1 aromatic heterocycles. The summed E-state index contributed by atoms with van der Waals surface area (Å²) in [5.41, 5.74) is 2.79. The molecule has 0 unspecified atom stereocenters. The number of ether oxygens (including phenoxy) is 3. The molecule has 156 valence electrons. The van der Waals surface area contributed by atoms with Crippen LogP contribution in [0.4, 0.5) is 5.69 Å². The number of nitrogens with zero attached hydrogens (tertiary/aromatic N) is 2. The summed E-state index contributed by atoms with van der Waals surface area (Å²) in [6.45, 7) is 0.986. The Labute approximate surface area is 175 Å². The Hall–Kier alpha value is -3.48. The second-order valence-corrected chi connectivity index (χ2v) is 7.07. The zero-order chi connectivity index (χ0) is 21.1. The Morgan fingerprint density at radius 1 is 1.00 bits per heavy atom. The molecule has 0 saturated carbocycles. The number of carbonyl (C=O) groups is 1. The predicted molar refractivity (Wildman–Crippen MR) is 115 cm³/mol. The van der Waals surface area contributed by atoms with Gasteiger partial charge < -0.3 is 24.1 Å². The van der Waals surface area contributed by atoms with Crippen molar-refractivity contribution in [3.05, 3.63) is 54.0 Å². The van der Waals surface area contributed by atoms with Crippen molar-refractivity contribution >= 4 is 11.6 Å². The van der Waals surface area contributed by atoms with E-state index >= 15 is 0 Å². The molecule has 7 heteroatoms. The first-order valence-corrected chi connectivity index (χ1v) is 9.92. The zero-order valence-electron chi connectivity index (χ0n) is 17.4. The van der Waals surface area contributed by atoms with Crippen molar-refractivity contribution < 1.29 is 19.0 Å². The second kappa shape index (κ2) is 8.49. The van der Waals surface area contributed by atoms with Gasteiger partial charge in [-0.25, -0.2) is 4.98 Å². The lowest BCUT2D eigenvalue weighted by molar-refractivity contribution is 0.102. The molecular formula is C23H25N3O4. The Kier molecular flexibility index (Phi) is 5.61. The number of nitrogens with one attached hydrogen (secondary N) is 1. The van der Waals surface area contributed by atoms with E-state index in [-0.39, 0.29) is 5.91 Å². The lowest BCUT2D eigenvalue weighted by Crippen LogP contribution is -2.14. The molecule has 30 heavy (non-hydrogen) atoms. The van der Waals surface area contributed by atoms with E-state index in [2.05, 4.69) is 16.1 Å². The van der Waals surface area contributed by atoms with E-state index in [1.807, 2.05) is 24.3 Å². The topological polar surface area (TPSA) is 74.6 Å². The zero-order valence-corrected chi connectivity index (χ0v) is 17.4. The van der Waals surface area contributed by atoms with Gasteiger partial charge in [-0.05, 0) is 31.0 Å². The molecule has 1 N–H and O–H groups in total. The van der Waals surface area contributed by atoms with E-state index in [0.29, 0.717) is 28.5 Å². The quantitative estimate of drug-likeness (QED) is 0.664. The van der Waals surface area contributed by atoms with E-state index in [1.165, 1.54) is 27.8 Å². The number of aromatic nitrogens is 2. The Morgan fingerprint density at radius 3 is 2.53 bits per heavy atom. The minimum atomic E-state index is -0.302. The van der Waals surface area contributed by atoms with E-state index < -0.39 is 0 Å². The van der Waals surface area contributed by atoms with Crippen molar-refractivity contribution in [2.75, 3.05) is 26.6 Å². The fraction of sp³-hybridized carbons (Fsp3) is 0.304. The van der Waals surface area contributed by atoms with Crippen molar-refractivity contribution in [2.45, 2.75) is 25.8 Å². The highest BCUT2D eigenvalue weighted by molar-refractivity contribution is 6.08. The maximum atomic E-state index is 13.1. The van der Waals surface area contributed by atoms with Crippen LogP contribution < -0.4 is 19.5 Å². The molecule has 1 amide bonds. The molecule has 1 aliphatic heterocycles. The Bertz CT molecular complexity index is 1050. The van der Waals surface area contributed by atoms with Gasteiger partial charge in [0.2, 0.25) is 5.75 Å². The minimum absolute atomic E-state index is 0.302. The number of benzene rings is 2. The number of imidazole rings is 1. The summed E-state index contributed by atoms with van der Waals surface area (Å²) < 4.78 is 18.4. The van der Waals surface area contributed by atoms with Gasteiger partial charge in [0.25, 0.3) is 5.91 Å². The van der Waals surface area contributed by atoms with Gasteiger partial charge in [0, 0.05) is 24.7 Å². The van der Waals surface area contributed by atoms with Gasteiger partial charge in [-0.1, -0.05) is 18.2 Å². The summed E-state index contributed by atoms with van der Waals surface area (Å²) in [6.07, 6.45) is 5.38. The molecule has 0 spiro atoms. The Morgan fingerprint density at radius 2 is 1.80 bits per heavy atom. The first-order chi connectivity index (χ1) is 14.7. The summed E-state index contributed by atoms with van der Waals surface area (Å²) in [5, 5.41) is 3.00. The smallest absolute Gasteiger partial charge is 0.259 e. The van der Waals surface area contributed by atoms with Crippen LogP contribution in [0.5, 0.6) is 17.2 Å². The monoisotopic (exact) mass is 407 g/mol. The minimum Gasteiger partial charge on any atom is -0.493 e. The third-order valence-electron chi connectivity index (χ3n) is 5.31. The van der Waals surface area contributed by atoms with Gasteiger partial charge >= 0.3 is 0 Å². The van der Waals surface area contributed by atoms with Gasteiger partial charge in [0.15, 0.2) is 11.5 Å². The molecule has 0 saturated heterocycles. The van der Waals surface area contributed by atoms with Crippen LogP contribution in [0.1, 0.15) is 29.0 Å². The van der Waals surface area contributed by atoms with Gasteiger partial charge in [-0.3, -0.25) is 4.79 Å². The van der Waals surface area contributed by atoms with Crippen LogP contribution in [0.2, 0.25) is 0 Å². The van der Waals surface area contributed by atoms with Crippen LogP contribution >= 0.6 is 0 Å². The van der Waals surface area contributed by atoms with Crippen LogP contribution in [-0.4, -0.2) is 36.8 Å². The molecule has 0 bridgehead atoms. The molecule has 0 aliphatic carbocycles.